The van der Waals surface area contributed by atoms with Crippen molar-refractivity contribution in [2.75, 3.05) is 27.9 Å². The summed E-state index contributed by atoms with van der Waals surface area (Å²) in [7, 11) is 6.04. The maximum atomic E-state index is 11.4. The van der Waals surface area contributed by atoms with Crippen LogP contribution in [-0.2, 0) is 9.53 Å². The van der Waals surface area contributed by atoms with E-state index in [1.54, 1.807) is 0 Å². The molecule has 0 bridgehead atoms. The quantitative estimate of drug-likeness (QED) is 0.249. The van der Waals surface area contributed by atoms with Crippen molar-refractivity contribution in [1.82, 2.24) is 0 Å². The Bertz CT molecular complexity index is 202. The lowest BCUT2D eigenvalue weighted by molar-refractivity contribution is -0.888. The fourth-order valence-electron chi connectivity index (χ4n) is 1.56. The van der Waals surface area contributed by atoms with Gasteiger partial charge in [0.2, 0.25) is 6.73 Å². The Kier molecular flexibility index (Phi) is 13.1. The monoisotopic (exact) mass is 279 g/mol. The van der Waals surface area contributed by atoms with Crippen molar-refractivity contribution < 1.29 is 26.4 Å². The van der Waals surface area contributed by atoms with Crippen molar-refractivity contribution >= 4 is 5.97 Å². The number of hydrogen-bond acceptors (Lipinski definition) is 2. The van der Waals surface area contributed by atoms with Crippen molar-refractivity contribution in [3.8, 4) is 0 Å². The molecule has 0 aliphatic rings. The molecule has 18 heavy (non-hydrogen) atoms. The second-order valence-corrected chi connectivity index (χ2v) is 5.81. The van der Waals surface area contributed by atoms with Gasteiger partial charge in [-0.3, -0.25) is 9.28 Å². The van der Waals surface area contributed by atoms with Crippen LogP contribution in [0.4, 0.5) is 0 Å². The fraction of sp³-hybridized carbons (Fsp3) is 0.929. The Hall–Kier alpha value is -0.280. The number of carbonyl (C=O) groups is 1. The standard InChI is InChI=1S/C14H30NO2.ClH/c1-5-6-7-8-9-10-11-12-14(16)17-13-15(2,3)4;/h5-13H2,1-4H3;1H/q+1;/p-1. The first-order valence-corrected chi connectivity index (χ1v) is 6.92. The second-order valence-electron chi connectivity index (χ2n) is 5.81. The van der Waals surface area contributed by atoms with E-state index in [9.17, 15) is 4.79 Å². The van der Waals surface area contributed by atoms with Gasteiger partial charge in [-0.05, 0) is 6.42 Å². The molecule has 0 aromatic heterocycles. The first-order valence-electron chi connectivity index (χ1n) is 6.92. The highest BCUT2D eigenvalue weighted by atomic mass is 35.5. The van der Waals surface area contributed by atoms with Crippen LogP contribution < -0.4 is 12.4 Å². The molecule has 0 saturated carbocycles. The van der Waals surface area contributed by atoms with Crippen LogP contribution in [0.3, 0.4) is 0 Å². The van der Waals surface area contributed by atoms with Gasteiger partial charge in [-0.25, -0.2) is 0 Å². The number of esters is 1. The van der Waals surface area contributed by atoms with Crippen molar-refractivity contribution in [2.24, 2.45) is 0 Å². The van der Waals surface area contributed by atoms with Crippen LogP contribution in [0.1, 0.15) is 58.3 Å². The van der Waals surface area contributed by atoms with Crippen LogP contribution in [0.25, 0.3) is 0 Å². The van der Waals surface area contributed by atoms with Crippen LogP contribution >= 0.6 is 0 Å². The molecule has 0 rings (SSSR count). The third kappa shape index (κ3) is 15.7. The molecule has 0 radical (unpaired) electrons. The summed E-state index contributed by atoms with van der Waals surface area (Å²) in [6.45, 7) is 2.69. The number of rotatable bonds is 10. The average Bonchev–Trinajstić information content (AvgIpc) is 2.24. The largest absolute Gasteiger partial charge is 1.00 e. The summed E-state index contributed by atoms with van der Waals surface area (Å²) in [4.78, 5) is 11.4. The molecule has 0 atom stereocenters. The molecular formula is C14H30ClNO2. The third-order valence-electron chi connectivity index (χ3n) is 2.60. The summed E-state index contributed by atoms with van der Waals surface area (Å²) in [5.74, 6) is -0.0494. The van der Waals surface area contributed by atoms with Gasteiger partial charge in [0.15, 0.2) is 0 Å². The summed E-state index contributed by atoms with van der Waals surface area (Å²) in [5.41, 5.74) is 0. The average molecular weight is 280 g/mol. The van der Waals surface area contributed by atoms with Gasteiger partial charge in [0.25, 0.3) is 0 Å². The summed E-state index contributed by atoms with van der Waals surface area (Å²) in [6, 6.07) is 0. The van der Waals surface area contributed by atoms with Crippen LogP contribution in [0, 0.1) is 0 Å². The lowest BCUT2D eigenvalue weighted by Gasteiger charge is -2.22. The zero-order valence-electron chi connectivity index (χ0n) is 12.5. The van der Waals surface area contributed by atoms with Gasteiger partial charge in [0.1, 0.15) is 0 Å². The summed E-state index contributed by atoms with van der Waals surface area (Å²) >= 11 is 0. The molecule has 0 aliphatic carbocycles. The van der Waals surface area contributed by atoms with E-state index in [0.29, 0.717) is 17.6 Å². The molecule has 4 heteroatoms. The first kappa shape index (κ1) is 20.0. The van der Waals surface area contributed by atoms with Crippen LogP contribution in [0.15, 0.2) is 0 Å². The number of quaternary nitrogens is 1. The Morgan fingerprint density at radius 3 is 1.94 bits per heavy atom. The van der Waals surface area contributed by atoms with Crippen LogP contribution in [0.5, 0.6) is 0 Å². The third-order valence-corrected chi connectivity index (χ3v) is 2.60. The van der Waals surface area contributed by atoms with Crippen molar-refractivity contribution in [3.63, 3.8) is 0 Å². The molecule has 0 unspecified atom stereocenters. The van der Waals surface area contributed by atoms with E-state index in [1.807, 2.05) is 21.1 Å². The molecule has 0 heterocycles. The Morgan fingerprint density at radius 1 is 0.944 bits per heavy atom. The van der Waals surface area contributed by atoms with Gasteiger partial charge < -0.3 is 17.1 Å². The van der Waals surface area contributed by atoms with Gasteiger partial charge in [0, 0.05) is 6.42 Å². The Balaban J connectivity index is 0. The number of ether oxygens (including phenoxy) is 1. The minimum absolute atomic E-state index is 0. The minimum atomic E-state index is -0.0494. The second kappa shape index (κ2) is 11.8. The van der Waals surface area contributed by atoms with E-state index in [2.05, 4.69) is 6.92 Å². The lowest BCUT2D eigenvalue weighted by Crippen LogP contribution is -3.00. The number of hydrogen-bond donors (Lipinski definition) is 0. The Labute approximate surface area is 119 Å². The van der Waals surface area contributed by atoms with E-state index in [-0.39, 0.29) is 18.4 Å². The van der Waals surface area contributed by atoms with Gasteiger partial charge in [0.05, 0.1) is 21.1 Å². The molecule has 0 aromatic carbocycles. The van der Waals surface area contributed by atoms with Crippen molar-refractivity contribution in [3.05, 3.63) is 0 Å². The maximum Gasteiger partial charge on any atom is 0.310 e. The molecule has 0 aliphatic heterocycles. The fourth-order valence-corrected chi connectivity index (χ4v) is 1.56. The van der Waals surface area contributed by atoms with Crippen LogP contribution in [-0.4, -0.2) is 38.3 Å². The SMILES string of the molecule is CCCCCCCCCC(=O)OC[N+](C)(C)C.[Cl-]. The molecule has 3 nitrogen and oxygen atoms in total. The van der Waals surface area contributed by atoms with Crippen molar-refractivity contribution in [1.29, 1.82) is 0 Å². The number of unbranched alkanes of at least 4 members (excludes halogenated alkanes) is 6. The van der Waals surface area contributed by atoms with Gasteiger partial charge in [-0.15, -0.1) is 0 Å². The highest BCUT2D eigenvalue weighted by Gasteiger charge is 2.10. The molecule has 110 valence electrons. The molecule has 0 spiro atoms. The van der Waals surface area contributed by atoms with E-state index in [1.165, 1.54) is 32.1 Å². The zero-order chi connectivity index (χ0) is 13.1. The zero-order valence-corrected chi connectivity index (χ0v) is 13.3. The predicted octanol–water partition coefficient (Wildman–Crippen LogP) is 0.338. The summed E-state index contributed by atoms with van der Waals surface area (Å²) in [6.07, 6.45) is 9.23. The highest BCUT2D eigenvalue weighted by molar-refractivity contribution is 5.69. The van der Waals surface area contributed by atoms with E-state index < -0.39 is 0 Å². The maximum absolute atomic E-state index is 11.4. The first-order chi connectivity index (χ1) is 7.95. The van der Waals surface area contributed by atoms with Gasteiger partial charge in [-0.2, -0.15) is 0 Å². The number of halogens is 1. The molecule has 0 N–H and O–H groups in total. The molecule has 0 aromatic rings. The molecule has 0 fully saturated rings. The van der Waals surface area contributed by atoms with E-state index in [0.717, 1.165) is 12.8 Å². The molecule has 0 amide bonds. The Morgan fingerprint density at radius 2 is 1.44 bits per heavy atom. The summed E-state index contributed by atoms with van der Waals surface area (Å²) < 4.78 is 5.85. The van der Waals surface area contributed by atoms with E-state index >= 15 is 0 Å². The molecule has 0 saturated heterocycles. The minimum Gasteiger partial charge on any atom is -1.00 e. The number of nitrogens with zero attached hydrogens (tertiary/aromatic N) is 1. The normalized spacial score (nSPS) is 10.9. The predicted molar refractivity (Wildman–Crippen MR) is 71.6 cm³/mol. The van der Waals surface area contributed by atoms with Gasteiger partial charge in [-0.1, -0.05) is 45.4 Å². The lowest BCUT2D eigenvalue weighted by atomic mass is 10.1. The van der Waals surface area contributed by atoms with Gasteiger partial charge >= 0.3 is 5.97 Å². The topological polar surface area (TPSA) is 26.3 Å². The molecular weight excluding hydrogens is 250 g/mol. The van der Waals surface area contributed by atoms with Crippen LogP contribution in [0.2, 0.25) is 0 Å². The smallest absolute Gasteiger partial charge is 0.310 e. The summed E-state index contributed by atoms with van der Waals surface area (Å²) in [5, 5.41) is 0. The van der Waals surface area contributed by atoms with E-state index in [4.69, 9.17) is 4.74 Å². The van der Waals surface area contributed by atoms with Crippen molar-refractivity contribution in [2.45, 2.75) is 58.3 Å². The number of carbonyl (C=O) groups excluding carboxylic acids is 1. The highest BCUT2D eigenvalue weighted by Crippen LogP contribution is 2.08.